The fourth-order valence-electron chi connectivity index (χ4n) is 3.32. The zero-order chi connectivity index (χ0) is 25.7. The van der Waals surface area contributed by atoms with Crippen LogP contribution in [0.2, 0.25) is 0 Å². The lowest BCUT2D eigenvalue weighted by Crippen LogP contribution is -2.71. The normalized spacial score (nSPS) is 20.3. The Bertz CT molecular complexity index is 1080. The first-order chi connectivity index (χ1) is 16.6. The maximum absolute atomic E-state index is 13.0. The van der Waals surface area contributed by atoms with Crippen LogP contribution in [0.4, 0.5) is 4.79 Å². The highest BCUT2D eigenvalue weighted by atomic mass is 32.2. The number of oxime groups is 1. The highest BCUT2D eigenvalue weighted by Gasteiger charge is 2.55. The second kappa shape index (κ2) is 10.9. The molecule has 0 aliphatic carbocycles. The monoisotopic (exact) mass is 510 g/mol. The van der Waals surface area contributed by atoms with Crippen LogP contribution < -0.4 is 11.1 Å². The molecule has 0 spiro atoms. The van der Waals surface area contributed by atoms with E-state index in [0.717, 1.165) is 11.8 Å². The molecule has 3 N–H and O–H groups in total. The Labute approximate surface area is 202 Å². The average molecular weight is 510 g/mol. The molecule has 14 nitrogen and oxygen atoms in total. The predicted octanol–water partition coefficient (Wildman–Crippen LogP) is -0.168. The summed E-state index contributed by atoms with van der Waals surface area (Å²) in [5.74, 6) is -2.75. The fraction of sp³-hybridized carbons (Fsp3) is 0.400. The van der Waals surface area contributed by atoms with Gasteiger partial charge in [0.15, 0.2) is 5.76 Å². The number of carbonyl (C=O) groups is 5. The molecule has 3 heterocycles. The number of nitrogens with one attached hydrogen (secondary N) is 1. The van der Waals surface area contributed by atoms with Crippen LogP contribution in [0, 0.1) is 0 Å². The van der Waals surface area contributed by atoms with E-state index in [0.29, 0.717) is 0 Å². The highest BCUT2D eigenvalue weighted by molar-refractivity contribution is 8.00. The molecule has 1 saturated heterocycles. The summed E-state index contributed by atoms with van der Waals surface area (Å²) in [6.07, 6.45) is -0.976. The van der Waals surface area contributed by atoms with Gasteiger partial charge in [0.1, 0.15) is 30.8 Å². The van der Waals surface area contributed by atoms with Gasteiger partial charge in [-0.2, -0.15) is 0 Å². The molecular formula is C20H22N4O10S. The summed E-state index contributed by atoms with van der Waals surface area (Å²) < 4.78 is 19.9. The Hall–Kier alpha value is -4.01. The molecule has 2 aliphatic heterocycles. The zero-order valence-electron chi connectivity index (χ0n) is 18.8. The molecular weight excluding hydrogens is 488 g/mol. The van der Waals surface area contributed by atoms with Gasteiger partial charge in [0.2, 0.25) is 12.0 Å². The molecule has 188 valence electrons. The van der Waals surface area contributed by atoms with Crippen molar-refractivity contribution in [3.8, 4) is 0 Å². The van der Waals surface area contributed by atoms with Crippen LogP contribution in [0.3, 0.4) is 0 Å². The minimum Gasteiger partial charge on any atom is -0.462 e. The van der Waals surface area contributed by atoms with Crippen molar-refractivity contribution in [2.75, 3.05) is 19.5 Å². The number of esters is 2. The van der Waals surface area contributed by atoms with Crippen LogP contribution in [-0.4, -0.2) is 77.6 Å². The number of hydrogen-bond donors (Lipinski definition) is 2. The van der Waals surface area contributed by atoms with Crippen LogP contribution in [0.25, 0.3) is 0 Å². The number of nitrogens with two attached hydrogens (primary N) is 1. The van der Waals surface area contributed by atoms with Crippen LogP contribution in [0.5, 0.6) is 0 Å². The number of β-lactam (4-membered cyclic amide) rings is 1. The molecule has 0 aromatic carbocycles. The van der Waals surface area contributed by atoms with E-state index in [-0.39, 0.29) is 35.1 Å². The van der Waals surface area contributed by atoms with E-state index in [1.165, 1.54) is 38.1 Å². The highest BCUT2D eigenvalue weighted by Crippen LogP contribution is 2.41. The van der Waals surface area contributed by atoms with E-state index in [1.54, 1.807) is 6.07 Å². The van der Waals surface area contributed by atoms with Gasteiger partial charge in [-0.3, -0.25) is 19.3 Å². The number of primary amides is 1. The van der Waals surface area contributed by atoms with E-state index in [2.05, 4.69) is 10.5 Å². The molecule has 3 amide bonds. The molecule has 1 fully saturated rings. The van der Waals surface area contributed by atoms with Gasteiger partial charge in [0.05, 0.1) is 6.26 Å². The van der Waals surface area contributed by atoms with Crippen molar-refractivity contribution in [2.45, 2.75) is 31.6 Å². The predicted molar refractivity (Wildman–Crippen MR) is 117 cm³/mol. The number of nitrogens with zero attached hydrogens (tertiary/aromatic N) is 2. The third kappa shape index (κ3) is 5.74. The van der Waals surface area contributed by atoms with Gasteiger partial charge in [-0.25, -0.2) is 9.59 Å². The number of furan rings is 1. The second-order valence-corrected chi connectivity index (χ2v) is 8.21. The molecule has 3 atom stereocenters. The van der Waals surface area contributed by atoms with Crippen molar-refractivity contribution >= 4 is 47.3 Å². The van der Waals surface area contributed by atoms with Crippen molar-refractivity contribution in [2.24, 2.45) is 10.9 Å². The molecule has 0 bridgehead atoms. The van der Waals surface area contributed by atoms with Gasteiger partial charge in [0.25, 0.3) is 11.8 Å². The van der Waals surface area contributed by atoms with E-state index in [1.807, 2.05) is 0 Å². The van der Waals surface area contributed by atoms with E-state index < -0.39 is 47.6 Å². The summed E-state index contributed by atoms with van der Waals surface area (Å²) in [4.78, 5) is 66.7. The minimum absolute atomic E-state index is 0.124. The molecule has 1 aromatic heterocycles. The van der Waals surface area contributed by atoms with Gasteiger partial charge >= 0.3 is 18.0 Å². The van der Waals surface area contributed by atoms with Crippen LogP contribution >= 0.6 is 11.8 Å². The lowest BCUT2D eigenvalue weighted by atomic mass is 10.0. The minimum atomic E-state index is -1.24. The number of fused-ring (bicyclic) bond motifs is 1. The number of hydrogen-bond acceptors (Lipinski definition) is 12. The first kappa shape index (κ1) is 25.6. The third-order valence-electron chi connectivity index (χ3n) is 4.67. The summed E-state index contributed by atoms with van der Waals surface area (Å²) in [6.45, 7) is 2.09. The van der Waals surface area contributed by atoms with Crippen molar-refractivity contribution in [1.82, 2.24) is 10.2 Å². The standard InChI is InChI=1S/C20H22N4O10S/c1-9(25)33-10(2)34-19(28)15-11(7-32-20(21)29)8-35-18-14(17(27)24(15)18)22-16(26)13(23-30-3)12-5-4-6-31-12/h4-6,10,14,18H,7-8H2,1-3H3,(H2,21,29)(H,22,26)/b23-13-/t10?,14-,18-/m0/s1. The van der Waals surface area contributed by atoms with Crippen LogP contribution in [0.15, 0.2) is 39.2 Å². The SMILES string of the molecule is CO/N=C(\C(=O)N[C@H]1C(=O)N2C(C(=O)OC(C)OC(C)=O)=C(COC(N)=O)CS[C@@H]12)c1ccco1. The quantitative estimate of drug-likeness (QED) is 0.147. The first-order valence-electron chi connectivity index (χ1n) is 10.1. The Morgan fingerprint density at radius 2 is 2.09 bits per heavy atom. The van der Waals surface area contributed by atoms with Gasteiger partial charge in [-0.1, -0.05) is 5.16 Å². The van der Waals surface area contributed by atoms with Crippen molar-refractivity contribution in [3.05, 3.63) is 35.4 Å². The summed E-state index contributed by atoms with van der Waals surface area (Å²) in [5.41, 5.74) is 4.89. The number of carbonyl (C=O) groups excluding carboxylic acids is 5. The average Bonchev–Trinajstić information content (AvgIpc) is 3.32. The maximum Gasteiger partial charge on any atom is 0.404 e. The summed E-state index contributed by atoms with van der Waals surface area (Å²) in [5, 5.41) is 5.53. The number of ether oxygens (including phenoxy) is 3. The number of thioether (sulfide) groups is 1. The topological polar surface area (TPSA) is 189 Å². The molecule has 2 aliphatic rings. The Morgan fingerprint density at radius 1 is 1.34 bits per heavy atom. The Kier molecular flexibility index (Phi) is 8.01. The number of rotatable bonds is 9. The van der Waals surface area contributed by atoms with Crippen molar-refractivity contribution in [3.63, 3.8) is 0 Å². The first-order valence-corrected chi connectivity index (χ1v) is 11.1. The van der Waals surface area contributed by atoms with Crippen LogP contribution in [-0.2, 0) is 38.2 Å². The Morgan fingerprint density at radius 3 is 2.69 bits per heavy atom. The van der Waals surface area contributed by atoms with Crippen molar-refractivity contribution < 1.29 is 47.4 Å². The van der Waals surface area contributed by atoms with Crippen molar-refractivity contribution in [1.29, 1.82) is 0 Å². The summed E-state index contributed by atoms with van der Waals surface area (Å²) >= 11 is 1.21. The van der Waals surface area contributed by atoms with E-state index >= 15 is 0 Å². The molecule has 1 aromatic rings. The lowest BCUT2D eigenvalue weighted by Gasteiger charge is -2.49. The summed E-state index contributed by atoms with van der Waals surface area (Å²) in [7, 11) is 1.25. The second-order valence-electron chi connectivity index (χ2n) is 7.10. The lowest BCUT2D eigenvalue weighted by molar-refractivity contribution is -0.182. The molecule has 35 heavy (non-hydrogen) atoms. The fourth-order valence-corrected chi connectivity index (χ4v) is 4.65. The van der Waals surface area contributed by atoms with Gasteiger partial charge < -0.3 is 34.5 Å². The zero-order valence-corrected chi connectivity index (χ0v) is 19.7. The molecule has 1 unspecified atom stereocenters. The van der Waals surface area contributed by atoms with Crippen LogP contribution in [0.1, 0.15) is 19.6 Å². The van der Waals surface area contributed by atoms with Gasteiger partial charge in [-0.15, -0.1) is 11.8 Å². The largest absolute Gasteiger partial charge is 0.462 e. The summed E-state index contributed by atoms with van der Waals surface area (Å²) in [6, 6.07) is 2.03. The number of amides is 3. The maximum atomic E-state index is 13.0. The third-order valence-corrected chi connectivity index (χ3v) is 6.01. The molecule has 0 saturated carbocycles. The van der Waals surface area contributed by atoms with E-state index in [9.17, 15) is 24.0 Å². The molecule has 15 heteroatoms. The molecule has 0 radical (unpaired) electrons. The Balaban J connectivity index is 1.80. The van der Waals surface area contributed by atoms with Gasteiger partial charge in [-0.05, 0) is 12.1 Å². The van der Waals surface area contributed by atoms with Gasteiger partial charge in [0, 0.05) is 25.2 Å². The molecule has 3 rings (SSSR count). The smallest absolute Gasteiger partial charge is 0.404 e. The van der Waals surface area contributed by atoms with E-state index in [4.69, 9.17) is 29.2 Å².